The van der Waals surface area contributed by atoms with Crippen molar-refractivity contribution in [1.29, 1.82) is 0 Å². The largest absolute Gasteiger partial charge is 0.436 e. The number of nitrogens with zero attached hydrogens (tertiary/aromatic N) is 5. The predicted molar refractivity (Wildman–Crippen MR) is 216 cm³/mol. The van der Waals surface area contributed by atoms with Gasteiger partial charge >= 0.3 is 0 Å². The van der Waals surface area contributed by atoms with Gasteiger partial charge in [-0.25, -0.2) is 19.9 Å². The first-order chi connectivity index (χ1) is 26.2. The minimum absolute atomic E-state index is 0.600. The number of fused-ring (bicyclic) bond motifs is 7. The van der Waals surface area contributed by atoms with E-state index < -0.39 is 0 Å². The van der Waals surface area contributed by atoms with Crippen molar-refractivity contribution >= 4 is 64.4 Å². The molecule has 0 radical (unpaired) electrons. The maximum atomic E-state index is 6.18. The molecule has 7 aromatic carbocycles. The van der Waals surface area contributed by atoms with E-state index >= 15 is 0 Å². The number of hydrogen-bond donors (Lipinski definition) is 0. The number of benzene rings is 7. The van der Waals surface area contributed by atoms with Crippen LogP contribution in [0.5, 0.6) is 0 Å². The number of para-hydroxylation sites is 4. The molecule has 11 aromatic rings. The van der Waals surface area contributed by atoms with Gasteiger partial charge in [-0.2, -0.15) is 0 Å². The Morgan fingerprint density at radius 3 is 2.02 bits per heavy atom. The summed E-state index contributed by atoms with van der Waals surface area (Å²) in [6.07, 6.45) is 0. The molecule has 0 bridgehead atoms. The summed E-state index contributed by atoms with van der Waals surface area (Å²) >= 11 is 1.76. The van der Waals surface area contributed by atoms with Gasteiger partial charge in [-0.3, -0.25) is 0 Å². The number of hydrogen-bond acceptors (Lipinski definition) is 6. The van der Waals surface area contributed by atoms with Crippen LogP contribution < -0.4 is 0 Å². The van der Waals surface area contributed by atoms with Crippen molar-refractivity contribution in [3.63, 3.8) is 0 Å². The van der Waals surface area contributed by atoms with E-state index in [9.17, 15) is 0 Å². The van der Waals surface area contributed by atoms with Gasteiger partial charge in [-0.1, -0.05) is 91.0 Å². The van der Waals surface area contributed by atoms with Gasteiger partial charge in [0.15, 0.2) is 23.1 Å². The summed E-state index contributed by atoms with van der Waals surface area (Å²) in [5.74, 6) is 2.47. The van der Waals surface area contributed by atoms with Gasteiger partial charge < -0.3 is 8.98 Å². The molecule has 0 aliphatic rings. The molecule has 0 saturated carbocycles. The molecule has 0 spiro atoms. The third kappa shape index (κ3) is 4.86. The highest BCUT2D eigenvalue weighted by Gasteiger charge is 2.20. The summed E-state index contributed by atoms with van der Waals surface area (Å²) < 4.78 is 10.8. The molecule has 7 heteroatoms. The van der Waals surface area contributed by atoms with Crippen molar-refractivity contribution in [3.05, 3.63) is 164 Å². The molecule has 6 nitrogen and oxygen atoms in total. The van der Waals surface area contributed by atoms with Crippen LogP contribution in [0.1, 0.15) is 0 Å². The fourth-order valence-electron chi connectivity index (χ4n) is 7.45. The van der Waals surface area contributed by atoms with Crippen molar-refractivity contribution < 1.29 is 4.42 Å². The molecular weight excluding hydrogens is 671 g/mol. The second-order valence-corrected chi connectivity index (χ2v) is 14.2. The zero-order valence-electron chi connectivity index (χ0n) is 28.1. The normalized spacial score (nSPS) is 11.8. The lowest BCUT2D eigenvalue weighted by Crippen LogP contribution is -2.00. The summed E-state index contributed by atoms with van der Waals surface area (Å²) in [5.41, 5.74) is 8.74. The minimum Gasteiger partial charge on any atom is -0.436 e. The Bertz CT molecular complexity index is 3150. The second kappa shape index (κ2) is 11.8. The highest BCUT2D eigenvalue weighted by molar-refractivity contribution is 7.26. The van der Waals surface area contributed by atoms with Crippen LogP contribution in [-0.2, 0) is 0 Å². The highest BCUT2D eigenvalue weighted by atomic mass is 32.1. The van der Waals surface area contributed by atoms with Crippen LogP contribution in [0.3, 0.4) is 0 Å². The van der Waals surface area contributed by atoms with Gasteiger partial charge in [0.25, 0.3) is 0 Å². The minimum atomic E-state index is 0.600. The first-order valence-corrected chi connectivity index (χ1v) is 18.3. The molecule has 0 saturated heterocycles. The van der Waals surface area contributed by atoms with E-state index in [-0.39, 0.29) is 0 Å². The molecule has 53 heavy (non-hydrogen) atoms. The number of aromatic nitrogens is 5. The summed E-state index contributed by atoms with van der Waals surface area (Å²) in [4.78, 5) is 20.3. The van der Waals surface area contributed by atoms with Crippen LogP contribution in [0, 0.1) is 0 Å². The van der Waals surface area contributed by atoms with Gasteiger partial charge in [-0.05, 0) is 72.8 Å². The zero-order valence-corrected chi connectivity index (χ0v) is 29.0. The molecule has 0 amide bonds. The van der Waals surface area contributed by atoms with Crippen molar-refractivity contribution in [3.8, 4) is 51.3 Å². The third-order valence-electron chi connectivity index (χ3n) is 9.89. The molecule has 248 valence electrons. The fraction of sp³-hybridized carbons (Fsp3) is 0. The van der Waals surface area contributed by atoms with E-state index in [0.29, 0.717) is 23.4 Å². The lowest BCUT2D eigenvalue weighted by Gasteiger charge is -2.10. The zero-order chi connectivity index (χ0) is 34.9. The van der Waals surface area contributed by atoms with Crippen LogP contribution in [0.2, 0.25) is 0 Å². The molecule has 11 rings (SSSR count). The van der Waals surface area contributed by atoms with E-state index in [1.165, 1.54) is 10.1 Å². The molecular formula is C46H27N5OS. The Kier molecular flexibility index (Phi) is 6.62. The summed E-state index contributed by atoms with van der Waals surface area (Å²) in [6, 6.07) is 56.4. The van der Waals surface area contributed by atoms with Crippen LogP contribution in [-0.4, -0.2) is 24.5 Å². The van der Waals surface area contributed by atoms with Gasteiger partial charge in [0.1, 0.15) is 5.52 Å². The summed E-state index contributed by atoms with van der Waals surface area (Å²) in [7, 11) is 0. The van der Waals surface area contributed by atoms with Gasteiger partial charge in [0, 0.05) is 58.9 Å². The first-order valence-electron chi connectivity index (χ1n) is 17.5. The predicted octanol–water partition coefficient (Wildman–Crippen LogP) is 12.1. The first kappa shape index (κ1) is 29.7. The molecule has 0 fully saturated rings. The Morgan fingerprint density at radius 2 is 1.15 bits per heavy atom. The van der Waals surface area contributed by atoms with E-state index in [1.807, 2.05) is 54.6 Å². The standard InChI is InChI=1S/C46H27N5OS/c1-3-12-28(13-4-1)43-48-44(29-22-24-38-34(26-29)32-16-7-9-19-37(32)51(38)31-14-5-2-6-15-31)50-45(49-43)33-17-11-21-41-42(33)35-27-30(23-25-40(35)53-41)46-47-36-18-8-10-20-39(36)52-46/h1-27H. The van der Waals surface area contributed by atoms with Gasteiger partial charge in [0.2, 0.25) is 5.89 Å². The Morgan fingerprint density at radius 1 is 0.453 bits per heavy atom. The Balaban J connectivity index is 1.12. The monoisotopic (exact) mass is 697 g/mol. The smallest absolute Gasteiger partial charge is 0.227 e. The molecule has 4 aromatic heterocycles. The van der Waals surface area contributed by atoms with E-state index in [4.69, 9.17) is 24.4 Å². The maximum Gasteiger partial charge on any atom is 0.227 e. The number of rotatable bonds is 5. The molecule has 0 aliphatic heterocycles. The summed E-state index contributed by atoms with van der Waals surface area (Å²) in [5, 5.41) is 4.53. The van der Waals surface area contributed by atoms with Crippen LogP contribution in [0.25, 0.3) is 104 Å². The average Bonchev–Trinajstić information content (AvgIpc) is 3.93. The van der Waals surface area contributed by atoms with Crippen molar-refractivity contribution in [2.24, 2.45) is 0 Å². The molecule has 0 aliphatic carbocycles. The van der Waals surface area contributed by atoms with E-state index in [1.54, 1.807) is 11.3 Å². The number of thiophene rings is 1. The third-order valence-corrected chi connectivity index (χ3v) is 11.0. The maximum absolute atomic E-state index is 6.18. The Labute approximate surface area is 307 Å². The van der Waals surface area contributed by atoms with Crippen molar-refractivity contribution in [2.45, 2.75) is 0 Å². The molecule has 0 unspecified atom stereocenters. The quantitative estimate of drug-likeness (QED) is 0.179. The molecule has 4 heterocycles. The Hall–Kier alpha value is -6.96. The highest BCUT2D eigenvalue weighted by Crippen LogP contribution is 2.42. The topological polar surface area (TPSA) is 69.6 Å². The SMILES string of the molecule is c1ccc(-c2nc(-c3ccc4c(c3)c3ccccc3n4-c3ccccc3)nc(-c3cccc4sc5ccc(-c6nc7ccccc7o6)cc5c34)n2)cc1. The van der Waals surface area contributed by atoms with Gasteiger partial charge in [0.05, 0.1) is 11.0 Å². The van der Waals surface area contributed by atoms with Crippen molar-refractivity contribution in [2.75, 3.05) is 0 Å². The van der Waals surface area contributed by atoms with Gasteiger partial charge in [-0.15, -0.1) is 11.3 Å². The molecule has 0 atom stereocenters. The van der Waals surface area contributed by atoms with Crippen LogP contribution in [0.15, 0.2) is 168 Å². The van der Waals surface area contributed by atoms with Crippen molar-refractivity contribution in [1.82, 2.24) is 24.5 Å². The molecule has 0 N–H and O–H groups in total. The van der Waals surface area contributed by atoms with Crippen LogP contribution >= 0.6 is 11.3 Å². The van der Waals surface area contributed by atoms with E-state index in [2.05, 4.69) is 114 Å². The van der Waals surface area contributed by atoms with Crippen LogP contribution in [0.4, 0.5) is 0 Å². The number of oxazole rings is 1. The lowest BCUT2D eigenvalue weighted by atomic mass is 10.0. The van der Waals surface area contributed by atoms with E-state index in [0.717, 1.165) is 70.9 Å². The second-order valence-electron chi connectivity index (χ2n) is 13.1. The average molecular weight is 698 g/mol. The fourth-order valence-corrected chi connectivity index (χ4v) is 8.56. The lowest BCUT2D eigenvalue weighted by molar-refractivity contribution is 0.620. The summed E-state index contributed by atoms with van der Waals surface area (Å²) in [6.45, 7) is 0.